The molecule has 0 unspecified atom stereocenters. The molecule has 9 heteroatoms. The summed E-state index contributed by atoms with van der Waals surface area (Å²) in [5.41, 5.74) is 5.29. The molecule has 3 N–H and O–H groups in total. The van der Waals surface area contributed by atoms with Crippen molar-refractivity contribution < 1.29 is 23.1 Å². The molecule has 0 aromatic heterocycles. The van der Waals surface area contributed by atoms with Gasteiger partial charge in [0.25, 0.3) is 0 Å². The van der Waals surface area contributed by atoms with Crippen molar-refractivity contribution in [2.75, 3.05) is 13.1 Å². The van der Waals surface area contributed by atoms with Crippen LogP contribution in [0.5, 0.6) is 0 Å². The van der Waals surface area contributed by atoms with Crippen LogP contribution in [0.15, 0.2) is 23.1 Å². The topological polar surface area (TPSA) is 118 Å². The number of carbonyl (C=O) groups excluding carboxylic acids is 1. The minimum Gasteiger partial charge on any atom is -0.480 e. The largest absolute Gasteiger partial charge is 0.480 e. The zero-order chi connectivity index (χ0) is 15.5. The SMILES string of the molecule is Cc1cc(Cl)ccc1S(=O)(=O)N(CC(N)=O)CC(=O)O. The summed E-state index contributed by atoms with van der Waals surface area (Å²) in [6.07, 6.45) is 0. The van der Waals surface area contributed by atoms with Crippen LogP contribution in [0.3, 0.4) is 0 Å². The fourth-order valence-electron chi connectivity index (χ4n) is 1.59. The average molecular weight is 321 g/mol. The van der Waals surface area contributed by atoms with Crippen LogP contribution in [0.1, 0.15) is 5.56 Å². The van der Waals surface area contributed by atoms with Gasteiger partial charge < -0.3 is 10.8 Å². The minimum atomic E-state index is -4.15. The predicted octanol–water partition coefficient (Wildman–Crippen LogP) is 0.209. The molecule has 7 nitrogen and oxygen atoms in total. The number of carboxylic acid groups (broad SMARTS) is 1. The van der Waals surface area contributed by atoms with E-state index in [0.717, 1.165) is 0 Å². The molecule has 1 aromatic carbocycles. The van der Waals surface area contributed by atoms with Gasteiger partial charge in [0.1, 0.15) is 6.54 Å². The molecule has 1 amide bonds. The molecule has 0 aliphatic rings. The van der Waals surface area contributed by atoms with E-state index in [1.54, 1.807) is 0 Å². The highest BCUT2D eigenvalue weighted by molar-refractivity contribution is 7.89. The highest BCUT2D eigenvalue weighted by Gasteiger charge is 2.29. The van der Waals surface area contributed by atoms with Gasteiger partial charge in [-0.15, -0.1) is 0 Å². The van der Waals surface area contributed by atoms with Crippen molar-refractivity contribution in [2.45, 2.75) is 11.8 Å². The van der Waals surface area contributed by atoms with E-state index in [2.05, 4.69) is 0 Å². The number of nitrogens with zero attached hydrogens (tertiary/aromatic N) is 1. The number of aryl methyl sites for hydroxylation is 1. The molecule has 110 valence electrons. The molecule has 0 saturated carbocycles. The van der Waals surface area contributed by atoms with Crippen molar-refractivity contribution in [3.63, 3.8) is 0 Å². The monoisotopic (exact) mass is 320 g/mol. The molecule has 0 heterocycles. The van der Waals surface area contributed by atoms with Gasteiger partial charge in [0.15, 0.2) is 0 Å². The van der Waals surface area contributed by atoms with Gasteiger partial charge in [0, 0.05) is 5.02 Å². The first kappa shape index (κ1) is 16.4. The average Bonchev–Trinajstić information content (AvgIpc) is 2.26. The number of sulfonamides is 1. The summed E-state index contributed by atoms with van der Waals surface area (Å²) in [5, 5.41) is 9.09. The normalized spacial score (nSPS) is 11.6. The molecule has 0 spiro atoms. The maximum absolute atomic E-state index is 12.3. The molecular weight excluding hydrogens is 308 g/mol. The summed E-state index contributed by atoms with van der Waals surface area (Å²) in [6.45, 7) is -0.0496. The number of carbonyl (C=O) groups is 2. The van der Waals surface area contributed by atoms with Crippen LogP contribution in [0.25, 0.3) is 0 Å². The fourth-order valence-corrected chi connectivity index (χ4v) is 3.38. The molecule has 0 atom stereocenters. The Balaban J connectivity index is 3.28. The van der Waals surface area contributed by atoms with Crippen molar-refractivity contribution in [2.24, 2.45) is 5.73 Å². The maximum Gasteiger partial charge on any atom is 0.318 e. The van der Waals surface area contributed by atoms with Crippen molar-refractivity contribution in [1.82, 2.24) is 4.31 Å². The second-order valence-electron chi connectivity index (χ2n) is 4.04. The molecule has 20 heavy (non-hydrogen) atoms. The Morgan fingerprint density at radius 1 is 1.35 bits per heavy atom. The first-order chi connectivity index (χ1) is 9.14. The minimum absolute atomic E-state index is 0.121. The molecule has 0 saturated heterocycles. The number of halogens is 1. The lowest BCUT2D eigenvalue weighted by Crippen LogP contribution is -2.41. The molecule has 0 radical (unpaired) electrons. The second-order valence-corrected chi connectivity index (χ2v) is 6.39. The van der Waals surface area contributed by atoms with E-state index in [0.29, 0.717) is 14.9 Å². The van der Waals surface area contributed by atoms with Crippen molar-refractivity contribution >= 4 is 33.5 Å². The van der Waals surface area contributed by atoms with E-state index < -0.39 is 35.0 Å². The number of nitrogens with two attached hydrogens (primary N) is 1. The van der Waals surface area contributed by atoms with Crippen LogP contribution in [0.2, 0.25) is 5.02 Å². The third kappa shape index (κ3) is 3.92. The lowest BCUT2D eigenvalue weighted by Gasteiger charge is -2.20. The second kappa shape index (κ2) is 6.21. The summed E-state index contributed by atoms with van der Waals surface area (Å²) in [5.74, 6) is -2.33. The molecule has 0 bridgehead atoms. The van der Waals surface area contributed by atoms with Crippen molar-refractivity contribution in [1.29, 1.82) is 0 Å². The van der Waals surface area contributed by atoms with Gasteiger partial charge in [-0.3, -0.25) is 9.59 Å². The Morgan fingerprint density at radius 2 is 1.95 bits per heavy atom. The third-order valence-corrected chi connectivity index (χ3v) is 4.59. The third-order valence-electron chi connectivity index (χ3n) is 2.40. The first-order valence-corrected chi connectivity index (χ1v) is 7.23. The summed E-state index contributed by atoms with van der Waals surface area (Å²) in [7, 11) is -4.15. The van der Waals surface area contributed by atoms with Crippen LogP contribution in [-0.2, 0) is 19.6 Å². The smallest absolute Gasteiger partial charge is 0.318 e. The maximum atomic E-state index is 12.3. The Hall–Kier alpha value is -1.64. The lowest BCUT2D eigenvalue weighted by atomic mass is 10.2. The van der Waals surface area contributed by atoms with E-state index in [4.69, 9.17) is 22.4 Å². The summed E-state index contributed by atoms with van der Waals surface area (Å²) >= 11 is 5.74. The molecule has 0 aliphatic heterocycles. The predicted molar refractivity (Wildman–Crippen MR) is 71.8 cm³/mol. The molecular formula is C11H13ClN2O5S. The van der Waals surface area contributed by atoms with Gasteiger partial charge in [0.05, 0.1) is 11.4 Å². The van der Waals surface area contributed by atoms with Gasteiger partial charge in [0.2, 0.25) is 15.9 Å². The molecule has 1 aromatic rings. The van der Waals surface area contributed by atoms with Crippen LogP contribution < -0.4 is 5.73 Å². The number of aliphatic carboxylic acids is 1. The van der Waals surface area contributed by atoms with Gasteiger partial charge in [-0.1, -0.05) is 11.6 Å². The molecule has 0 aliphatic carbocycles. The Bertz CT molecular complexity index is 628. The number of benzene rings is 1. The number of hydrogen-bond donors (Lipinski definition) is 2. The Morgan fingerprint density at radius 3 is 2.40 bits per heavy atom. The lowest BCUT2D eigenvalue weighted by molar-refractivity contribution is -0.137. The highest BCUT2D eigenvalue weighted by Crippen LogP contribution is 2.22. The van der Waals surface area contributed by atoms with E-state index in [-0.39, 0.29) is 4.90 Å². The van der Waals surface area contributed by atoms with Gasteiger partial charge >= 0.3 is 5.97 Å². The molecule has 0 fully saturated rings. The fraction of sp³-hybridized carbons (Fsp3) is 0.273. The zero-order valence-corrected chi connectivity index (χ0v) is 12.1. The first-order valence-electron chi connectivity index (χ1n) is 5.41. The Kier molecular flexibility index (Phi) is 5.09. The van der Waals surface area contributed by atoms with Crippen LogP contribution in [0, 0.1) is 6.92 Å². The summed E-state index contributed by atoms with van der Waals surface area (Å²) < 4.78 is 25.2. The van der Waals surface area contributed by atoms with Crippen LogP contribution >= 0.6 is 11.6 Å². The van der Waals surface area contributed by atoms with Gasteiger partial charge in [-0.2, -0.15) is 4.31 Å². The van der Waals surface area contributed by atoms with E-state index in [1.165, 1.54) is 25.1 Å². The number of hydrogen-bond acceptors (Lipinski definition) is 4. The quantitative estimate of drug-likeness (QED) is 0.776. The van der Waals surface area contributed by atoms with E-state index in [1.807, 2.05) is 0 Å². The highest BCUT2D eigenvalue weighted by atomic mass is 35.5. The van der Waals surface area contributed by atoms with E-state index in [9.17, 15) is 18.0 Å². The number of amides is 1. The van der Waals surface area contributed by atoms with Crippen molar-refractivity contribution in [3.05, 3.63) is 28.8 Å². The molecule has 1 rings (SSSR count). The van der Waals surface area contributed by atoms with Crippen LogP contribution in [-0.4, -0.2) is 42.8 Å². The standard InChI is InChI=1S/C11H13ClN2O5S/c1-7-4-8(12)2-3-9(7)20(18,19)14(5-10(13)15)6-11(16)17/h2-4H,5-6H2,1H3,(H2,13,15)(H,16,17). The van der Waals surface area contributed by atoms with Crippen molar-refractivity contribution in [3.8, 4) is 0 Å². The van der Waals surface area contributed by atoms with Gasteiger partial charge in [-0.05, 0) is 30.7 Å². The summed E-state index contributed by atoms with van der Waals surface area (Å²) in [6, 6.07) is 4.05. The number of primary amides is 1. The number of rotatable bonds is 6. The Labute approximate surface area is 121 Å². The van der Waals surface area contributed by atoms with Crippen LogP contribution in [0.4, 0.5) is 0 Å². The number of carboxylic acids is 1. The van der Waals surface area contributed by atoms with E-state index >= 15 is 0 Å². The van der Waals surface area contributed by atoms with Gasteiger partial charge in [-0.25, -0.2) is 8.42 Å². The zero-order valence-electron chi connectivity index (χ0n) is 10.5. The summed E-state index contributed by atoms with van der Waals surface area (Å²) in [4.78, 5) is 21.5.